The van der Waals surface area contributed by atoms with Crippen LogP contribution in [0.1, 0.15) is 36.9 Å². The van der Waals surface area contributed by atoms with E-state index in [1.807, 2.05) is 6.92 Å². The van der Waals surface area contributed by atoms with Crippen LogP contribution >= 0.6 is 11.3 Å². The van der Waals surface area contributed by atoms with Gasteiger partial charge in [0.2, 0.25) is 5.91 Å². The van der Waals surface area contributed by atoms with E-state index in [-0.39, 0.29) is 23.6 Å². The van der Waals surface area contributed by atoms with Crippen LogP contribution in [0, 0.1) is 21.4 Å². The Labute approximate surface area is 220 Å². The van der Waals surface area contributed by atoms with E-state index in [9.17, 15) is 34.7 Å². The normalized spacial score (nSPS) is 23.7. The minimum atomic E-state index is -1.26. The van der Waals surface area contributed by atoms with Crippen LogP contribution in [0.25, 0.3) is 16.5 Å². The van der Waals surface area contributed by atoms with Gasteiger partial charge in [-0.05, 0) is 38.0 Å². The van der Waals surface area contributed by atoms with Gasteiger partial charge in [0, 0.05) is 29.3 Å². The van der Waals surface area contributed by atoms with Crippen molar-refractivity contribution in [3.63, 3.8) is 0 Å². The number of nitrogens with zero attached hydrogens (tertiary/aromatic N) is 4. The highest BCUT2D eigenvalue weighted by atomic mass is 32.1. The maximum absolute atomic E-state index is 13.1. The third-order valence-electron chi connectivity index (χ3n) is 7.24. The molecule has 2 aliphatic rings. The number of carboxylic acid groups (broad SMARTS) is 1. The standard InChI is InChI=1S/C26H24N4O7S/c1-13(31)4-9-17-24-28(12-27-17)11-18(38-24)20-21(25(34)35)29-22(19(14(2)32)23(29)33)26(20,3)10-15-5-7-16(8-6-15)30(36)37/h4-9,11-12,14,19,22,32H,10H2,1-3H3,(H,34,35)/b9-4+/t14-,19-,22-,26+/m1/s1. The zero-order valence-corrected chi connectivity index (χ0v) is 21.5. The van der Waals surface area contributed by atoms with Crippen molar-refractivity contribution in [3.8, 4) is 0 Å². The molecule has 12 heteroatoms. The molecule has 0 spiro atoms. The highest BCUT2D eigenvalue weighted by Gasteiger charge is 2.66. The average molecular weight is 537 g/mol. The molecular formula is C26H24N4O7S. The Bertz CT molecular complexity index is 1570. The number of fused-ring (bicyclic) bond motifs is 2. The first kappa shape index (κ1) is 25.5. The number of aliphatic hydroxyl groups is 1. The van der Waals surface area contributed by atoms with Crippen molar-refractivity contribution in [2.45, 2.75) is 39.3 Å². The molecule has 3 aromatic rings. The van der Waals surface area contributed by atoms with Gasteiger partial charge in [0.05, 0.1) is 33.6 Å². The summed E-state index contributed by atoms with van der Waals surface area (Å²) in [6.45, 7) is 4.80. The Kier molecular flexibility index (Phi) is 6.03. The molecule has 1 amide bonds. The number of imidazole rings is 1. The van der Waals surface area contributed by atoms with Crippen LogP contribution in [-0.4, -0.2) is 59.2 Å². The summed E-state index contributed by atoms with van der Waals surface area (Å²) in [6.07, 6.45) is 5.58. The number of carbonyl (C=O) groups excluding carboxylic acids is 2. The van der Waals surface area contributed by atoms with Gasteiger partial charge in [-0.3, -0.25) is 24.1 Å². The van der Waals surface area contributed by atoms with E-state index in [0.29, 0.717) is 21.0 Å². The summed E-state index contributed by atoms with van der Waals surface area (Å²) in [5.74, 6) is -2.66. The van der Waals surface area contributed by atoms with Gasteiger partial charge in [0.15, 0.2) is 5.78 Å². The van der Waals surface area contributed by atoms with Crippen molar-refractivity contribution < 1.29 is 29.5 Å². The number of aliphatic hydroxyl groups excluding tert-OH is 1. The molecule has 4 atom stereocenters. The van der Waals surface area contributed by atoms with E-state index in [0.717, 1.165) is 5.56 Å². The lowest BCUT2D eigenvalue weighted by atomic mass is 9.64. The van der Waals surface area contributed by atoms with E-state index < -0.39 is 40.3 Å². The first-order valence-corrected chi connectivity index (χ1v) is 12.6. The second kappa shape index (κ2) is 8.99. The fourth-order valence-electron chi connectivity index (χ4n) is 5.66. The Hall–Kier alpha value is -4.16. The van der Waals surface area contributed by atoms with Crippen LogP contribution in [-0.2, 0) is 20.8 Å². The van der Waals surface area contributed by atoms with Crippen molar-refractivity contribution >= 4 is 51.2 Å². The minimum absolute atomic E-state index is 0.0679. The third-order valence-corrected chi connectivity index (χ3v) is 8.39. The van der Waals surface area contributed by atoms with Gasteiger partial charge in [-0.2, -0.15) is 0 Å². The molecule has 196 valence electrons. The lowest BCUT2D eigenvalue weighted by Crippen LogP contribution is -2.66. The molecule has 11 nitrogen and oxygen atoms in total. The molecule has 0 radical (unpaired) electrons. The number of carbonyl (C=O) groups is 3. The quantitative estimate of drug-likeness (QED) is 0.192. The SMILES string of the molecule is CC(=O)/C=C/c1ncn2cc(C3=C(C(=O)O)N4C(=O)[C@H]([C@@H](C)O)[C@@H]4[C@@]3(C)Cc3ccc([N+](=O)[O-])cc3)sc12. The Morgan fingerprint density at radius 3 is 2.58 bits per heavy atom. The summed E-state index contributed by atoms with van der Waals surface area (Å²) in [5, 5.41) is 31.9. The van der Waals surface area contributed by atoms with Crippen molar-refractivity contribution in [1.82, 2.24) is 14.3 Å². The smallest absolute Gasteiger partial charge is 0.352 e. The number of allylic oxidation sites excluding steroid dienone is 1. The molecule has 0 aliphatic carbocycles. The summed E-state index contributed by atoms with van der Waals surface area (Å²) in [6, 6.07) is 5.40. The monoisotopic (exact) mass is 536 g/mol. The molecule has 5 rings (SSSR count). The van der Waals surface area contributed by atoms with Crippen LogP contribution in [0.2, 0.25) is 0 Å². The van der Waals surface area contributed by atoms with E-state index >= 15 is 0 Å². The van der Waals surface area contributed by atoms with Crippen LogP contribution in [0.3, 0.4) is 0 Å². The maximum Gasteiger partial charge on any atom is 0.352 e. The molecule has 0 saturated carbocycles. The van der Waals surface area contributed by atoms with Gasteiger partial charge in [-0.15, -0.1) is 11.3 Å². The largest absolute Gasteiger partial charge is 0.477 e. The third kappa shape index (κ3) is 3.84. The minimum Gasteiger partial charge on any atom is -0.477 e. The van der Waals surface area contributed by atoms with E-state index in [2.05, 4.69) is 4.98 Å². The number of benzene rings is 1. The number of aliphatic carboxylic acids is 1. The predicted molar refractivity (Wildman–Crippen MR) is 138 cm³/mol. The van der Waals surface area contributed by atoms with Gasteiger partial charge >= 0.3 is 5.97 Å². The second-order valence-electron chi connectivity index (χ2n) is 9.85. The second-order valence-corrected chi connectivity index (χ2v) is 10.9. The topological polar surface area (TPSA) is 155 Å². The molecule has 2 N–H and O–H groups in total. The highest BCUT2D eigenvalue weighted by Crippen LogP contribution is 2.59. The predicted octanol–water partition coefficient (Wildman–Crippen LogP) is 3.17. The summed E-state index contributed by atoms with van der Waals surface area (Å²) in [7, 11) is 0. The average Bonchev–Trinajstić information content (AvgIpc) is 3.46. The summed E-state index contributed by atoms with van der Waals surface area (Å²) in [4.78, 5) is 54.7. The lowest BCUT2D eigenvalue weighted by molar-refractivity contribution is -0.384. The number of ketones is 1. The fourth-order valence-corrected chi connectivity index (χ4v) is 6.89. The van der Waals surface area contributed by atoms with Crippen LogP contribution in [0.5, 0.6) is 0 Å². The zero-order chi connectivity index (χ0) is 27.5. The number of rotatable bonds is 8. The lowest BCUT2D eigenvalue weighted by Gasteiger charge is -2.51. The van der Waals surface area contributed by atoms with Gasteiger partial charge < -0.3 is 15.1 Å². The summed E-state index contributed by atoms with van der Waals surface area (Å²) < 4.78 is 1.74. The number of thiazole rings is 1. The number of amides is 1. The zero-order valence-electron chi connectivity index (χ0n) is 20.7. The molecule has 2 aliphatic heterocycles. The molecule has 1 saturated heterocycles. The Morgan fingerprint density at radius 2 is 2.00 bits per heavy atom. The Morgan fingerprint density at radius 1 is 1.32 bits per heavy atom. The van der Waals surface area contributed by atoms with Crippen molar-refractivity contribution in [1.29, 1.82) is 0 Å². The van der Waals surface area contributed by atoms with E-state index in [1.165, 1.54) is 48.3 Å². The van der Waals surface area contributed by atoms with E-state index in [4.69, 9.17) is 0 Å². The van der Waals surface area contributed by atoms with Gasteiger partial charge in [0.25, 0.3) is 5.69 Å². The molecule has 2 aromatic heterocycles. The van der Waals surface area contributed by atoms with Crippen LogP contribution in [0.15, 0.2) is 48.6 Å². The van der Waals surface area contributed by atoms with E-state index in [1.54, 1.807) is 35.1 Å². The van der Waals surface area contributed by atoms with Crippen LogP contribution < -0.4 is 0 Å². The molecule has 38 heavy (non-hydrogen) atoms. The van der Waals surface area contributed by atoms with Crippen molar-refractivity contribution in [3.05, 3.63) is 74.8 Å². The number of aromatic nitrogens is 2. The first-order chi connectivity index (χ1) is 17.9. The summed E-state index contributed by atoms with van der Waals surface area (Å²) >= 11 is 1.29. The summed E-state index contributed by atoms with van der Waals surface area (Å²) in [5.41, 5.74) is 0.567. The maximum atomic E-state index is 13.1. The molecule has 4 heterocycles. The molecule has 1 aromatic carbocycles. The number of non-ortho nitro benzene ring substituents is 1. The van der Waals surface area contributed by atoms with Gasteiger partial charge in [-0.1, -0.05) is 19.1 Å². The Balaban J connectivity index is 1.68. The number of nitro groups is 1. The highest BCUT2D eigenvalue weighted by molar-refractivity contribution is 7.18. The fraction of sp³-hybridized carbons (Fsp3) is 0.308. The number of hydrogen-bond donors (Lipinski definition) is 2. The molecule has 1 fully saturated rings. The molecular weight excluding hydrogens is 512 g/mol. The van der Waals surface area contributed by atoms with Crippen molar-refractivity contribution in [2.75, 3.05) is 0 Å². The number of hydrogen-bond acceptors (Lipinski definition) is 8. The first-order valence-electron chi connectivity index (χ1n) is 11.8. The van der Waals surface area contributed by atoms with Gasteiger partial charge in [-0.25, -0.2) is 9.78 Å². The van der Waals surface area contributed by atoms with Gasteiger partial charge in [0.1, 0.15) is 16.9 Å². The number of β-lactam (4-membered cyclic amide) rings is 1. The molecule has 0 unspecified atom stereocenters. The number of carboxylic acids is 1. The number of nitro benzene ring substituents is 1. The van der Waals surface area contributed by atoms with Crippen molar-refractivity contribution in [2.24, 2.45) is 11.3 Å². The molecule has 0 bridgehead atoms. The van der Waals surface area contributed by atoms with Crippen LogP contribution in [0.4, 0.5) is 5.69 Å².